The first kappa shape index (κ1) is 15.6. The largest absolute Gasteiger partial charge is 0.390 e. The SMILES string of the molecule is C=C[C@H](O)C[C@H](O)[C@@H](O)CCCCCCC. The van der Waals surface area contributed by atoms with Crippen molar-refractivity contribution in [2.75, 3.05) is 0 Å². The Morgan fingerprint density at radius 1 is 1.00 bits per heavy atom. The van der Waals surface area contributed by atoms with Gasteiger partial charge >= 0.3 is 0 Å². The third kappa shape index (κ3) is 7.85. The zero-order valence-corrected chi connectivity index (χ0v) is 10.3. The standard InChI is InChI=1S/C13H26O3/c1-3-5-6-7-8-9-12(15)13(16)10-11(14)4-2/h4,11-16H,2-3,5-10H2,1H3/t11-,12-,13-/m0/s1. The van der Waals surface area contributed by atoms with E-state index in [-0.39, 0.29) is 6.42 Å². The molecule has 0 fully saturated rings. The number of unbranched alkanes of at least 4 members (excludes halogenated alkanes) is 4. The summed E-state index contributed by atoms with van der Waals surface area (Å²) in [6, 6.07) is 0. The normalized spacial score (nSPS) is 16.8. The molecule has 0 aliphatic rings. The van der Waals surface area contributed by atoms with Gasteiger partial charge in [0.2, 0.25) is 0 Å². The minimum Gasteiger partial charge on any atom is -0.390 e. The number of rotatable bonds is 10. The minimum atomic E-state index is -0.848. The average molecular weight is 230 g/mol. The summed E-state index contributed by atoms with van der Waals surface area (Å²) in [5.74, 6) is 0. The van der Waals surface area contributed by atoms with Crippen molar-refractivity contribution in [2.45, 2.75) is 70.2 Å². The molecule has 3 heteroatoms. The van der Waals surface area contributed by atoms with Gasteiger partial charge in [-0.15, -0.1) is 6.58 Å². The molecule has 0 radical (unpaired) electrons. The molecule has 0 amide bonds. The van der Waals surface area contributed by atoms with Crippen LogP contribution in [-0.2, 0) is 0 Å². The molecular weight excluding hydrogens is 204 g/mol. The van der Waals surface area contributed by atoms with Crippen molar-refractivity contribution in [2.24, 2.45) is 0 Å². The Balaban J connectivity index is 3.54. The third-order valence-corrected chi connectivity index (χ3v) is 2.80. The summed E-state index contributed by atoms with van der Waals surface area (Å²) in [7, 11) is 0. The third-order valence-electron chi connectivity index (χ3n) is 2.80. The molecule has 16 heavy (non-hydrogen) atoms. The van der Waals surface area contributed by atoms with Crippen LogP contribution in [0.25, 0.3) is 0 Å². The van der Waals surface area contributed by atoms with E-state index < -0.39 is 18.3 Å². The number of aliphatic hydroxyl groups excluding tert-OH is 3. The quantitative estimate of drug-likeness (QED) is 0.397. The molecule has 0 spiro atoms. The summed E-state index contributed by atoms with van der Waals surface area (Å²) in [4.78, 5) is 0. The molecule has 96 valence electrons. The smallest absolute Gasteiger partial charge is 0.0826 e. The van der Waals surface area contributed by atoms with Gasteiger partial charge in [-0.2, -0.15) is 0 Å². The Bertz CT molecular complexity index is 171. The second-order valence-electron chi connectivity index (χ2n) is 4.38. The molecule has 0 aromatic carbocycles. The first-order valence-electron chi connectivity index (χ1n) is 6.28. The first-order chi connectivity index (χ1) is 7.61. The molecule has 0 aromatic rings. The van der Waals surface area contributed by atoms with Crippen LogP contribution in [0.2, 0.25) is 0 Å². The van der Waals surface area contributed by atoms with Gasteiger partial charge in [-0.25, -0.2) is 0 Å². The van der Waals surface area contributed by atoms with Gasteiger partial charge in [0.25, 0.3) is 0 Å². The van der Waals surface area contributed by atoms with Crippen LogP contribution in [0.3, 0.4) is 0 Å². The fourth-order valence-corrected chi connectivity index (χ4v) is 1.65. The second kappa shape index (κ2) is 9.82. The predicted molar refractivity (Wildman–Crippen MR) is 66.2 cm³/mol. The molecule has 0 unspecified atom stereocenters. The lowest BCUT2D eigenvalue weighted by molar-refractivity contribution is -0.00908. The van der Waals surface area contributed by atoms with Crippen LogP contribution < -0.4 is 0 Å². The van der Waals surface area contributed by atoms with Gasteiger partial charge in [0.1, 0.15) is 0 Å². The molecule has 0 aliphatic heterocycles. The lowest BCUT2D eigenvalue weighted by Gasteiger charge is -2.19. The van der Waals surface area contributed by atoms with E-state index in [0.29, 0.717) is 6.42 Å². The number of hydrogen-bond donors (Lipinski definition) is 3. The van der Waals surface area contributed by atoms with Crippen molar-refractivity contribution in [1.82, 2.24) is 0 Å². The summed E-state index contributed by atoms with van der Waals surface area (Å²) < 4.78 is 0. The van der Waals surface area contributed by atoms with E-state index in [0.717, 1.165) is 12.8 Å². The Morgan fingerprint density at radius 2 is 1.62 bits per heavy atom. The van der Waals surface area contributed by atoms with Crippen LogP contribution in [0.1, 0.15) is 51.9 Å². The molecule has 0 heterocycles. The van der Waals surface area contributed by atoms with Gasteiger partial charge in [0, 0.05) is 6.42 Å². The highest BCUT2D eigenvalue weighted by Crippen LogP contribution is 2.12. The van der Waals surface area contributed by atoms with Crippen LogP contribution in [0.15, 0.2) is 12.7 Å². The molecule has 0 aromatic heterocycles. The molecule has 0 saturated carbocycles. The van der Waals surface area contributed by atoms with Gasteiger partial charge in [-0.1, -0.05) is 45.1 Å². The number of aliphatic hydroxyl groups is 3. The average Bonchev–Trinajstić information content (AvgIpc) is 2.28. The van der Waals surface area contributed by atoms with Gasteiger partial charge < -0.3 is 15.3 Å². The molecule has 3 atom stereocenters. The van der Waals surface area contributed by atoms with Crippen molar-refractivity contribution >= 4 is 0 Å². The van der Waals surface area contributed by atoms with E-state index in [9.17, 15) is 15.3 Å². The maximum atomic E-state index is 9.62. The van der Waals surface area contributed by atoms with E-state index in [1.54, 1.807) is 0 Å². The summed E-state index contributed by atoms with van der Waals surface area (Å²) in [5, 5.41) is 28.4. The van der Waals surface area contributed by atoms with E-state index >= 15 is 0 Å². The minimum absolute atomic E-state index is 0.166. The van der Waals surface area contributed by atoms with Crippen LogP contribution in [0, 0.1) is 0 Å². The van der Waals surface area contributed by atoms with Crippen LogP contribution in [0.4, 0.5) is 0 Å². The van der Waals surface area contributed by atoms with Crippen molar-refractivity contribution in [1.29, 1.82) is 0 Å². The van der Waals surface area contributed by atoms with Gasteiger partial charge in [0.05, 0.1) is 18.3 Å². The Hall–Kier alpha value is -0.380. The van der Waals surface area contributed by atoms with E-state index in [4.69, 9.17) is 0 Å². The highest BCUT2D eigenvalue weighted by molar-refractivity contribution is 4.82. The van der Waals surface area contributed by atoms with Crippen molar-refractivity contribution in [3.05, 3.63) is 12.7 Å². The molecule has 0 saturated heterocycles. The maximum Gasteiger partial charge on any atom is 0.0826 e. The van der Waals surface area contributed by atoms with Crippen LogP contribution >= 0.6 is 0 Å². The molecular formula is C13H26O3. The summed E-state index contributed by atoms with van der Waals surface area (Å²) in [6.45, 7) is 5.59. The molecule has 0 aliphatic carbocycles. The zero-order chi connectivity index (χ0) is 12.4. The maximum absolute atomic E-state index is 9.62. The summed E-state index contributed by atoms with van der Waals surface area (Å²) in [5.41, 5.74) is 0. The highest BCUT2D eigenvalue weighted by atomic mass is 16.3. The fourth-order valence-electron chi connectivity index (χ4n) is 1.65. The predicted octanol–water partition coefficient (Wildman–Crippen LogP) is 2.01. The lowest BCUT2D eigenvalue weighted by atomic mass is 10.0. The van der Waals surface area contributed by atoms with Gasteiger partial charge in [0.15, 0.2) is 0 Å². The van der Waals surface area contributed by atoms with E-state index in [2.05, 4.69) is 13.5 Å². The van der Waals surface area contributed by atoms with Crippen molar-refractivity contribution in [3.63, 3.8) is 0 Å². The molecule has 3 nitrogen and oxygen atoms in total. The fraction of sp³-hybridized carbons (Fsp3) is 0.846. The Labute approximate surface area is 98.8 Å². The lowest BCUT2D eigenvalue weighted by Crippen LogP contribution is -2.29. The first-order valence-corrected chi connectivity index (χ1v) is 6.28. The summed E-state index contributed by atoms with van der Waals surface area (Å²) in [6.07, 6.45) is 5.49. The Morgan fingerprint density at radius 3 is 2.19 bits per heavy atom. The topological polar surface area (TPSA) is 60.7 Å². The Kier molecular flexibility index (Phi) is 9.59. The zero-order valence-electron chi connectivity index (χ0n) is 10.3. The molecule has 0 rings (SSSR count). The molecule has 0 bridgehead atoms. The van der Waals surface area contributed by atoms with Gasteiger partial charge in [-0.3, -0.25) is 0 Å². The van der Waals surface area contributed by atoms with Crippen molar-refractivity contribution in [3.8, 4) is 0 Å². The van der Waals surface area contributed by atoms with Crippen molar-refractivity contribution < 1.29 is 15.3 Å². The van der Waals surface area contributed by atoms with Gasteiger partial charge in [-0.05, 0) is 6.42 Å². The van der Waals surface area contributed by atoms with Crippen LogP contribution in [0.5, 0.6) is 0 Å². The highest BCUT2D eigenvalue weighted by Gasteiger charge is 2.18. The second-order valence-corrected chi connectivity index (χ2v) is 4.38. The van der Waals surface area contributed by atoms with E-state index in [1.807, 2.05) is 0 Å². The molecule has 3 N–H and O–H groups in total. The monoisotopic (exact) mass is 230 g/mol. The summed E-state index contributed by atoms with van der Waals surface area (Å²) >= 11 is 0. The van der Waals surface area contributed by atoms with Crippen LogP contribution in [-0.4, -0.2) is 33.6 Å². The van der Waals surface area contributed by atoms with E-state index in [1.165, 1.54) is 25.3 Å². The number of hydrogen-bond acceptors (Lipinski definition) is 3.